The van der Waals surface area contributed by atoms with Gasteiger partial charge in [-0.1, -0.05) is 54.1 Å². The normalized spacial score (nSPS) is 10.8. The first kappa shape index (κ1) is 18.8. The minimum atomic E-state index is 0. The Balaban J connectivity index is 0.00000242. The van der Waals surface area contributed by atoms with Gasteiger partial charge in [-0.2, -0.15) is 0 Å². The van der Waals surface area contributed by atoms with Gasteiger partial charge >= 0.3 is 0 Å². The Labute approximate surface area is 154 Å². The molecule has 22 heavy (non-hydrogen) atoms. The lowest BCUT2D eigenvalue weighted by Crippen LogP contribution is -2.36. The van der Waals surface area contributed by atoms with Crippen LogP contribution in [0.2, 0.25) is 5.02 Å². The molecule has 0 aliphatic rings. The van der Waals surface area contributed by atoms with Crippen LogP contribution in [0, 0.1) is 6.92 Å². The van der Waals surface area contributed by atoms with Crippen molar-refractivity contribution in [3.63, 3.8) is 0 Å². The Morgan fingerprint density at radius 3 is 2.09 bits per heavy atom. The van der Waals surface area contributed by atoms with Gasteiger partial charge in [-0.25, -0.2) is 0 Å². The molecular weight excluding hydrogens is 409 g/mol. The Kier molecular flexibility index (Phi) is 8.27. The van der Waals surface area contributed by atoms with Crippen LogP contribution in [0.4, 0.5) is 0 Å². The van der Waals surface area contributed by atoms with Crippen molar-refractivity contribution in [2.24, 2.45) is 4.99 Å². The summed E-state index contributed by atoms with van der Waals surface area (Å²) in [6.07, 6.45) is 0. The van der Waals surface area contributed by atoms with Crippen LogP contribution in [0.15, 0.2) is 53.5 Å². The van der Waals surface area contributed by atoms with E-state index in [9.17, 15) is 0 Å². The minimum absolute atomic E-state index is 0. The lowest BCUT2D eigenvalue weighted by atomic mass is 10.1. The number of halogens is 2. The fourth-order valence-corrected chi connectivity index (χ4v) is 2.23. The molecule has 0 atom stereocenters. The highest BCUT2D eigenvalue weighted by atomic mass is 127. The maximum absolute atomic E-state index is 6.14. The first-order valence-electron chi connectivity index (χ1n) is 6.93. The number of aryl methyl sites for hydroxylation is 1. The highest BCUT2D eigenvalue weighted by Gasteiger charge is 2.02. The predicted molar refractivity (Wildman–Crippen MR) is 105 cm³/mol. The zero-order valence-electron chi connectivity index (χ0n) is 12.8. The molecule has 3 nitrogen and oxygen atoms in total. The summed E-state index contributed by atoms with van der Waals surface area (Å²) in [5, 5.41) is 7.35. The molecule has 0 fully saturated rings. The number of nitrogens with one attached hydrogen (secondary N) is 2. The first-order chi connectivity index (χ1) is 10.2. The van der Waals surface area contributed by atoms with E-state index in [1.165, 1.54) is 11.1 Å². The summed E-state index contributed by atoms with van der Waals surface area (Å²) >= 11 is 6.14. The summed E-state index contributed by atoms with van der Waals surface area (Å²) in [6.45, 7) is 3.50. The number of guanidine groups is 1. The van der Waals surface area contributed by atoms with Crippen molar-refractivity contribution in [3.05, 3.63) is 70.2 Å². The van der Waals surface area contributed by atoms with E-state index in [1.54, 1.807) is 7.05 Å². The Hall–Kier alpha value is -1.27. The topological polar surface area (TPSA) is 36.4 Å². The van der Waals surface area contributed by atoms with E-state index in [2.05, 4.69) is 34.7 Å². The third-order valence-electron chi connectivity index (χ3n) is 3.34. The molecule has 0 spiro atoms. The molecule has 5 heteroatoms. The summed E-state index contributed by atoms with van der Waals surface area (Å²) in [7, 11) is 1.76. The molecule has 0 saturated carbocycles. The Morgan fingerprint density at radius 1 is 0.955 bits per heavy atom. The molecule has 0 unspecified atom stereocenters. The molecule has 0 radical (unpaired) electrons. The second-order valence-corrected chi connectivity index (χ2v) is 5.20. The summed E-state index contributed by atoms with van der Waals surface area (Å²) in [4.78, 5) is 4.23. The quantitative estimate of drug-likeness (QED) is 0.435. The van der Waals surface area contributed by atoms with Crippen LogP contribution in [0.5, 0.6) is 0 Å². The molecule has 0 aromatic heterocycles. The van der Waals surface area contributed by atoms with E-state index in [1.807, 2.05) is 36.4 Å². The predicted octanol–water partition coefficient (Wildman–Crippen LogP) is 4.13. The van der Waals surface area contributed by atoms with E-state index in [4.69, 9.17) is 11.6 Å². The highest BCUT2D eigenvalue weighted by molar-refractivity contribution is 14.0. The fraction of sp³-hybridized carbons (Fsp3) is 0.235. The van der Waals surface area contributed by atoms with Crippen LogP contribution in [-0.2, 0) is 13.1 Å². The van der Waals surface area contributed by atoms with E-state index in [-0.39, 0.29) is 24.0 Å². The minimum Gasteiger partial charge on any atom is -0.352 e. The average molecular weight is 430 g/mol. The molecular formula is C17H21ClIN3. The van der Waals surface area contributed by atoms with Gasteiger partial charge < -0.3 is 10.6 Å². The molecule has 2 N–H and O–H groups in total. The van der Waals surface area contributed by atoms with Crippen molar-refractivity contribution in [1.29, 1.82) is 0 Å². The third kappa shape index (κ3) is 5.50. The number of benzene rings is 2. The standard InChI is InChI=1S/C17H20ClN3.HI/c1-13-7-3-4-8-14(13)11-20-17(19-2)21-12-15-9-5-6-10-16(15)18;/h3-10H,11-12H2,1-2H3,(H2,19,20,21);1H. The number of hydrogen-bond donors (Lipinski definition) is 2. The van der Waals surface area contributed by atoms with Gasteiger partial charge in [-0.15, -0.1) is 24.0 Å². The monoisotopic (exact) mass is 429 g/mol. The maximum atomic E-state index is 6.14. The molecule has 0 heterocycles. The zero-order valence-corrected chi connectivity index (χ0v) is 15.9. The van der Waals surface area contributed by atoms with Crippen LogP contribution in [-0.4, -0.2) is 13.0 Å². The molecule has 0 bridgehead atoms. The van der Waals surface area contributed by atoms with Gasteiger partial charge in [0.25, 0.3) is 0 Å². The SMILES string of the molecule is CN=C(NCc1ccccc1C)NCc1ccccc1Cl.I. The molecule has 2 aromatic rings. The van der Waals surface area contributed by atoms with Gasteiger partial charge in [0.15, 0.2) is 5.96 Å². The first-order valence-corrected chi connectivity index (χ1v) is 7.31. The zero-order chi connectivity index (χ0) is 15.1. The van der Waals surface area contributed by atoms with Crippen LogP contribution in [0.1, 0.15) is 16.7 Å². The second-order valence-electron chi connectivity index (χ2n) is 4.80. The fourth-order valence-electron chi connectivity index (χ4n) is 2.03. The average Bonchev–Trinajstić information content (AvgIpc) is 2.50. The van der Waals surface area contributed by atoms with Crippen molar-refractivity contribution in [2.45, 2.75) is 20.0 Å². The smallest absolute Gasteiger partial charge is 0.191 e. The number of aliphatic imine (C=N–C) groups is 1. The van der Waals surface area contributed by atoms with Crippen molar-refractivity contribution in [2.75, 3.05) is 7.05 Å². The van der Waals surface area contributed by atoms with E-state index >= 15 is 0 Å². The number of nitrogens with zero attached hydrogens (tertiary/aromatic N) is 1. The molecule has 2 rings (SSSR count). The molecule has 2 aromatic carbocycles. The second kappa shape index (κ2) is 9.69. The maximum Gasteiger partial charge on any atom is 0.191 e. The molecule has 0 saturated heterocycles. The largest absolute Gasteiger partial charge is 0.352 e. The summed E-state index contributed by atoms with van der Waals surface area (Å²) in [5.74, 6) is 0.762. The molecule has 0 aliphatic heterocycles. The van der Waals surface area contributed by atoms with Crippen LogP contribution in [0.3, 0.4) is 0 Å². The van der Waals surface area contributed by atoms with Gasteiger partial charge in [0.2, 0.25) is 0 Å². The number of hydrogen-bond acceptors (Lipinski definition) is 1. The van der Waals surface area contributed by atoms with E-state index < -0.39 is 0 Å². The van der Waals surface area contributed by atoms with Crippen molar-refractivity contribution in [3.8, 4) is 0 Å². The summed E-state index contributed by atoms with van der Waals surface area (Å²) < 4.78 is 0. The highest BCUT2D eigenvalue weighted by Crippen LogP contribution is 2.14. The molecule has 0 amide bonds. The summed E-state index contributed by atoms with van der Waals surface area (Å²) in [6, 6.07) is 16.1. The van der Waals surface area contributed by atoms with E-state index in [0.29, 0.717) is 6.54 Å². The van der Waals surface area contributed by atoms with Crippen LogP contribution < -0.4 is 10.6 Å². The van der Waals surface area contributed by atoms with Gasteiger partial charge in [0.1, 0.15) is 0 Å². The molecule has 0 aliphatic carbocycles. The third-order valence-corrected chi connectivity index (χ3v) is 3.70. The van der Waals surface area contributed by atoms with Gasteiger partial charge in [0, 0.05) is 25.2 Å². The van der Waals surface area contributed by atoms with Crippen LogP contribution in [0.25, 0.3) is 0 Å². The van der Waals surface area contributed by atoms with Crippen molar-refractivity contribution >= 4 is 41.5 Å². The lowest BCUT2D eigenvalue weighted by Gasteiger charge is -2.13. The number of rotatable bonds is 4. The molecule has 118 valence electrons. The Bertz CT molecular complexity index is 577. The van der Waals surface area contributed by atoms with Gasteiger partial charge in [-0.05, 0) is 29.7 Å². The Morgan fingerprint density at radius 2 is 1.50 bits per heavy atom. The van der Waals surface area contributed by atoms with Crippen LogP contribution >= 0.6 is 35.6 Å². The van der Waals surface area contributed by atoms with Gasteiger partial charge in [0.05, 0.1) is 0 Å². The van der Waals surface area contributed by atoms with Crippen molar-refractivity contribution < 1.29 is 0 Å². The van der Waals surface area contributed by atoms with Gasteiger partial charge in [-0.3, -0.25) is 4.99 Å². The van der Waals surface area contributed by atoms with Crippen molar-refractivity contribution in [1.82, 2.24) is 10.6 Å². The summed E-state index contributed by atoms with van der Waals surface area (Å²) in [5.41, 5.74) is 3.59. The lowest BCUT2D eigenvalue weighted by molar-refractivity contribution is 0.806. The van der Waals surface area contributed by atoms with E-state index in [0.717, 1.165) is 23.1 Å².